The first-order valence-corrected chi connectivity index (χ1v) is 6.98. The number of aryl methyl sites for hydroxylation is 1. The van der Waals surface area contributed by atoms with Gasteiger partial charge in [0.05, 0.1) is 0 Å². The zero-order chi connectivity index (χ0) is 12.3. The molecular weight excluding hydrogens is 208 g/mol. The Hall–Kier alpha value is -0.760. The van der Waals surface area contributed by atoms with Gasteiger partial charge in [0.2, 0.25) is 0 Å². The summed E-state index contributed by atoms with van der Waals surface area (Å²) in [6.45, 7) is 9.08. The number of rotatable bonds is 4. The van der Waals surface area contributed by atoms with Gasteiger partial charge in [-0.1, -0.05) is 13.8 Å². The molecule has 0 spiro atoms. The standard InChI is InChI=1S/C15H26N2/c1-4-17-11-5-6-14(17)12-16-13-7-9-15(2,3)10-8-13/h5-6,11,13,16H,4,7-10,12H2,1-3H3. The average molecular weight is 234 g/mol. The second kappa shape index (κ2) is 5.26. The molecule has 1 aliphatic carbocycles. The third-order valence-corrected chi connectivity index (χ3v) is 4.18. The van der Waals surface area contributed by atoms with Gasteiger partial charge < -0.3 is 9.88 Å². The fraction of sp³-hybridized carbons (Fsp3) is 0.733. The lowest BCUT2D eigenvalue weighted by molar-refractivity contribution is 0.205. The lowest BCUT2D eigenvalue weighted by Crippen LogP contribution is -2.35. The van der Waals surface area contributed by atoms with E-state index in [2.05, 4.69) is 49.0 Å². The largest absolute Gasteiger partial charge is 0.351 e. The normalized spacial score (nSPS) is 20.6. The van der Waals surface area contributed by atoms with Crippen molar-refractivity contribution in [1.82, 2.24) is 9.88 Å². The second-order valence-electron chi connectivity index (χ2n) is 6.10. The minimum atomic E-state index is 0.571. The number of hydrogen-bond donors (Lipinski definition) is 1. The molecule has 1 heterocycles. The van der Waals surface area contributed by atoms with Gasteiger partial charge in [-0.05, 0) is 50.2 Å². The summed E-state index contributed by atoms with van der Waals surface area (Å²) in [5.74, 6) is 0. The van der Waals surface area contributed by atoms with Crippen molar-refractivity contribution in [1.29, 1.82) is 0 Å². The molecule has 0 bridgehead atoms. The van der Waals surface area contributed by atoms with Gasteiger partial charge >= 0.3 is 0 Å². The van der Waals surface area contributed by atoms with Gasteiger partial charge in [0.25, 0.3) is 0 Å². The zero-order valence-corrected chi connectivity index (χ0v) is 11.5. The smallest absolute Gasteiger partial charge is 0.0361 e. The first kappa shape index (κ1) is 12.7. The Labute approximate surface area is 105 Å². The van der Waals surface area contributed by atoms with Gasteiger partial charge in [0.1, 0.15) is 0 Å². The molecular formula is C15H26N2. The van der Waals surface area contributed by atoms with Gasteiger partial charge in [-0.15, -0.1) is 0 Å². The predicted molar refractivity (Wildman–Crippen MR) is 73.0 cm³/mol. The lowest BCUT2D eigenvalue weighted by atomic mass is 9.75. The van der Waals surface area contributed by atoms with Crippen LogP contribution >= 0.6 is 0 Å². The molecule has 2 heteroatoms. The van der Waals surface area contributed by atoms with E-state index >= 15 is 0 Å². The van der Waals surface area contributed by atoms with Crippen LogP contribution in [0.5, 0.6) is 0 Å². The molecule has 0 saturated heterocycles. The number of hydrogen-bond acceptors (Lipinski definition) is 1. The lowest BCUT2D eigenvalue weighted by Gasteiger charge is -2.34. The van der Waals surface area contributed by atoms with Crippen molar-refractivity contribution in [3.05, 3.63) is 24.0 Å². The van der Waals surface area contributed by atoms with Crippen LogP contribution in [-0.2, 0) is 13.1 Å². The summed E-state index contributed by atoms with van der Waals surface area (Å²) in [5.41, 5.74) is 1.99. The molecule has 1 fully saturated rings. The Morgan fingerprint density at radius 2 is 2.06 bits per heavy atom. The molecule has 17 heavy (non-hydrogen) atoms. The van der Waals surface area contributed by atoms with Crippen LogP contribution in [0.25, 0.3) is 0 Å². The molecule has 0 aliphatic heterocycles. The van der Waals surface area contributed by atoms with E-state index in [1.807, 2.05) is 0 Å². The van der Waals surface area contributed by atoms with Crippen molar-refractivity contribution in [3.8, 4) is 0 Å². The number of nitrogens with zero attached hydrogens (tertiary/aromatic N) is 1. The monoisotopic (exact) mass is 234 g/mol. The highest BCUT2D eigenvalue weighted by Crippen LogP contribution is 2.35. The van der Waals surface area contributed by atoms with Crippen molar-refractivity contribution in [2.75, 3.05) is 0 Å². The summed E-state index contributed by atoms with van der Waals surface area (Å²) in [6, 6.07) is 5.09. The fourth-order valence-electron chi connectivity index (χ4n) is 2.77. The van der Waals surface area contributed by atoms with E-state index in [-0.39, 0.29) is 0 Å². The molecule has 0 aromatic carbocycles. The van der Waals surface area contributed by atoms with Gasteiger partial charge in [0, 0.05) is 31.0 Å². The molecule has 0 unspecified atom stereocenters. The minimum absolute atomic E-state index is 0.571. The van der Waals surface area contributed by atoms with Gasteiger partial charge in [-0.2, -0.15) is 0 Å². The third kappa shape index (κ3) is 3.35. The van der Waals surface area contributed by atoms with Crippen LogP contribution in [0.1, 0.15) is 52.1 Å². The van der Waals surface area contributed by atoms with Crippen LogP contribution < -0.4 is 5.32 Å². The molecule has 1 aromatic rings. The van der Waals surface area contributed by atoms with E-state index in [9.17, 15) is 0 Å². The number of aromatic nitrogens is 1. The van der Waals surface area contributed by atoms with Gasteiger partial charge in [0.15, 0.2) is 0 Å². The summed E-state index contributed by atoms with van der Waals surface area (Å²) in [4.78, 5) is 0. The highest BCUT2D eigenvalue weighted by atomic mass is 15.0. The molecule has 0 radical (unpaired) electrons. The van der Waals surface area contributed by atoms with E-state index < -0.39 is 0 Å². The van der Waals surface area contributed by atoms with E-state index in [1.165, 1.54) is 31.4 Å². The highest BCUT2D eigenvalue weighted by Gasteiger charge is 2.26. The van der Waals surface area contributed by atoms with Gasteiger partial charge in [-0.3, -0.25) is 0 Å². The van der Waals surface area contributed by atoms with Crippen molar-refractivity contribution < 1.29 is 0 Å². The molecule has 2 rings (SSSR count). The Morgan fingerprint density at radius 1 is 1.35 bits per heavy atom. The SMILES string of the molecule is CCn1cccc1CNC1CCC(C)(C)CC1. The first-order valence-electron chi connectivity index (χ1n) is 6.98. The van der Waals surface area contributed by atoms with Crippen LogP contribution in [-0.4, -0.2) is 10.6 Å². The van der Waals surface area contributed by atoms with Crippen LogP contribution in [0.15, 0.2) is 18.3 Å². The Bertz CT molecular complexity index is 342. The van der Waals surface area contributed by atoms with Crippen molar-refractivity contribution in [3.63, 3.8) is 0 Å². The molecule has 96 valence electrons. The number of nitrogens with one attached hydrogen (secondary N) is 1. The second-order valence-corrected chi connectivity index (χ2v) is 6.10. The summed E-state index contributed by atoms with van der Waals surface area (Å²) in [7, 11) is 0. The van der Waals surface area contributed by atoms with Crippen LogP contribution in [0.2, 0.25) is 0 Å². The van der Waals surface area contributed by atoms with Crippen LogP contribution in [0.4, 0.5) is 0 Å². The van der Waals surface area contributed by atoms with E-state index in [4.69, 9.17) is 0 Å². The maximum absolute atomic E-state index is 3.72. The summed E-state index contributed by atoms with van der Waals surface area (Å²) in [6.07, 6.45) is 7.56. The molecule has 0 atom stereocenters. The van der Waals surface area contributed by atoms with E-state index in [1.54, 1.807) is 0 Å². The zero-order valence-electron chi connectivity index (χ0n) is 11.5. The molecule has 1 aliphatic rings. The van der Waals surface area contributed by atoms with E-state index in [0.29, 0.717) is 5.41 Å². The molecule has 1 aromatic heterocycles. The average Bonchev–Trinajstić information content (AvgIpc) is 2.75. The van der Waals surface area contributed by atoms with Crippen molar-refractivity contribution in [2.24, 2.45) is 5.41 Å². The Kier molecular flexibility index (Phi) is 3.93. The van der Waals surface area contributed by atoms with Crippen molar-refractivity contribution in [2.45, 2.75) is 65.6 Å². The molecule has 2 nitrogen and oxygen atoms in total. The van der Waals surface area contributed by atoms with Gasteiger partial charge in [-0.25, -0.2) is 0 Å². The minimum Gasteiger partial charge on any atom is -0.351 e. The fourth-order valence-corrected chi connectivity index (χ4v) is 2.77. The van der Waals surface area contributed by atoms with Crippen LogP contribution in [0, 0.1) is 5.41 Å². The maximum Gasteiger partial charge on any atom is 0.0361 e. The summed E-state index contributed by atoms with van der Waals surface area (Å²) in [5, 5.41) is 3.72. The summed E-state index contributed by atoms with van der Waals surface area (Å²) >= 11 is 0. The molecule has 1 N–H and O–H groups in total. The van der Waals surface area contributed by atoms with Crippen LogP contribution in [0.3, 0.4) is 0 Å². The predicted octanol–water partition coefficient (Wildman–Crippen LogP) is 3.57. The Balaban J connectivity index is 1.80. The quantitative estimate of drug-likeness (QED) is 0.843. The summed E-state index contributed by atoms with van der Waals surface area (Å²) < 4.78 is 2.32. The highest BCUT2D eigenvalue weighted by molar-refractivity contribution is 5.07. The van der Waals surface area contributed by atoms with Crippen molar-refractivity contribution >= 4 is 0 Å². The molecule has 0 amide bonds. The first-order chi connectivity index (χ1) is 8.11. The topological polar surface area (TPSA) is 17.0 Å². The molecule has 1 saturated carbocycles. The Morgan fingerprint density at radius 3 is 2.71 bits per heavy atom. The third-order valence-electron chi connectivity index (χ3n) is 4.18. The maximum atomic E-state index is 3.72. The van der Waals surface area contributed by atoms with E-state index in [0.717, 1.165) is 19.1 Å².